The molecule has 0 aliphatic carbocycles. The second-order valence-corrected chi connectivity index (χ2v) is 9.21. The Hall–Kier alpha value is -2.42. The highest BCUT2D eigenvalue weighted by Crippen LogP contribution is 2.23. The molecule has 0 bridgehead atoms. The summed E-state index contributed by atoms with van der Waals surface area (Å²) in [4.78, 5) is 23.7. The molecule has 9 heteroatoms. The van der Waals surface area contributed by atoms with Gasteiger partial charge in [0.05, 0.1) is 10.6 Å². The largest absolute Gasteiger partial charge is 0.452 e. The van der Waals surface area contributed by atoms with E-state index in [2.05, 4.69) is 10.0 Å². The van der Waals surface area contributed by atoms with Crippen LogP contribution in [-0.2, 0) is 26.1 Å². The van der Waals surface area contributed by atoms with E-state index >= 15 is 0 Å². The van der Waals surface area contributed by atoms with Crippen molar-refractivity contribution in [3.8, 4) is 0 Å². The Balaban J connectivity index is 2.01. The number of esters is 1. The minimum Gasteiger partial charge on any atom is -0.452 e. The molecule has 0 atom stereocenters. The molecule has 0 spiro atoms. The van der Waals surface area contributed by atoms with Gasteiger partial charge in [-0.05, 0) is 36.1 Å². The number of nitrogens with one attached hydrogen (secondary N) is 2. The lowest BCUT2D eigenvalue weighted by Crippen LogP contribution is -2.30. The normalized spacial score (nSPS) is 11.3. The number of halogens is 1. The third-order valence-electron chi connectivity index (χ3n) is 4.14. The van der Waals surface area contributed by atoms with Crippen molar-refractivity contribution in [1.82, 2.24) is 10.0 Å². The van der Waals surface area contributed by atoms with Gasteiger partial charge >= 0.3 is 5.97 Å². The molecule has 2 rings (SSSR count). The maximum Gasteiger partial charge on any atom is 0.338 e. The molecule has 7 nitrogen and oxygen atoms in total. The van der Waals surface area contributed by atoms with E-state index in [0.29, 0.717) is 12.5 Å². The summed E-state index contributed by atoms with van der Waals surface area (Å²) in [7, 11) is -3.97. The predicted molar refractivity (Wildman–Crippen MR) is 115 cm³/mol. The van der Waals surface area contributed by atoms with E-state index in [9.17, 15) is 18.0 Å². The van der Waals surface area contributed by atoms with E-state index < -0.39 is 28.5 Å². The van der Waals surface area contributed by atoms with E-state index in [1.54, 1.807) is 24.3 Å². The van der Waals surface area contributed by atoms with Gasteiger partial charge in [-0.1, -0.05) is 55.8 Å². The van der Waals surface area contributed by atoms with Gasteiger partial charge in [0, 0.05) is 13.1 Å². The van der Waals surface area contributed by atoms with E-state index in [0.717, 1.165) is 18.1 Å². The van der Waals surface area contributed by atoms with Crippen LogP contribution in [-0.4, -0.2) is 33.4 Å². The van der Waals surface area contributed by atoms with Crippen LogP contribution in [0.5, 0.6) is 0 Å². The van der Waals surface area contributed by atoms with Gasteiger partial charge in [-0.25, -0.2) is 17.9 Å². The van der Waals surface area contributed by atoms with Crippen LogP contribution in [0.25, 0.3) is 0 Å². The van der Waals surface area contributed by atoms with Crippen LogP contribution in [0.3, 0.4) is 0 Å². The van der Waals surface area contributed by atoms with E-state index in [1.165, 1.54) is 12.1 Å². The van der Waals surface area contributed by atoms with Gasteiger partial charge in [0.25, 0.3) is 5.91 Å². The first-order valence-electron chi connectivity index (χ1n) is 9.46. The molecule has 2 aromatic rings. The molecule has 0 saturated carbocycles. The molecular formula is C21H25ClN2O5S. The van der Waals surface area contributed by atoms with Gasteiger partial charge in [-0.15, -0.1) is 0 Å². The Morgan fingerprint density at radius 2 is 1.80 bits per heavy atom. The molecule has 0 aliphatic rings. The van der Waals surface area contributed by atoms with Crippen molar-refractivity contribution in [1.29, 1.82) is 0 Å². The first kappa shape index (κ1) is 23.9. The Morgan fingerprint density at radius 3 is 2.47 bits per heavy atom. The monoisotopic (exact) mass is 452 g/mol. The average Bonchev–Trinajstić information content (AvgIpc) is 2.71. The standard InChI is InChI=1S/C21H25ClN2O5S/c1-15(2)10-11-23-20(25)14-29-21(26)17-8-9-18(22)19(12-17)30(27,28)24-13-16-6-4-3-5-7-16/h3-9,12,15,24H,10-11,13-14H2,1-2H3,(H,23,25). The van der Waals surface area contributed by atoms with Crippen molar-refractivity contribution < 1.29 is 22.7 Å². The molecule has 0 unspecified atom stereocenters. The molecule has 0 aromatic heterocycles. The molecule has 0 radical (unpaired) electrons. The van der Waals surface area contributed by atoms with Gasteiger partial charge in [-0.3, -0.25) is 4.79 Å². The SMILES string of the molecule is CC(C)CCNC(=O)COC(=O)c1ccc(Cl)c(S(=O)(=O)NCc2ccccc2)c1. The first-order chi connectivity index (χ1) is 14.2. The van der Waals surface area contributed by atoms with Gasteiger partial charge in [0.15, 0.2) is 6.61 Å². The predicted octanol–water partition coefficient (Wildman–Crippen LogP) is 3.14. The minimum atomic E-state index is -3.97. The average molecular weight is 453 g/mol. The van der Waals surface area contributed by atoms with Crippen molar-refractivity contribution in [2.45, 2.75) is 31.7 Å². The zero-order valence-electron chi connectivity index (χ0n) is 16.9. The number of carbonyl (C=O) groups excluding carboxylic acids is 2. The quantitative estimate of drug-likeness (QED) is 0.539. The van der Waals surface area contributed by atoms with Crippen molar-refractivity contribution in [2.24, 2.45) is 5.92 Å². The molecule has 2 aromatic carbocycles. The van der Waals surface area contributed by atoms with Crippen LogP contribution in [0.4, 0.5) is 0 Å². The van der Waals surface area contributed by atoms with Gasteiger partial charge in [-0.2, -0.15) is 0 Å². The highest BCUT2D eigenvalue weighted by Gasteiger charge is 2.21. The smallest absolute Gasteiger partial charge is 0.338 e. The zero-order chi connectivity index (χ0) is 22.1. The number of benzene rings is 2. The van der Waals surface area contributed by atoms with E-state index in [4.69, 9.17) is 16.3 Å². The van der Waals surface area contributed by atoms with Gasteiger partial charge in [0.2, 0.25) is 10.0 Å². The molecule has 0 fully saturated rings. The van der Waals surface area contributed by atoms with Crippen LogP contribution in [0, 0.1) is 5.92 Å². The third-order valence-corrected chi connectivity index (χ3v) is 6.03. The summed E-state index contributed by atoms with van der Waals surface area (Å²) < 4.78 is 32.7. The van der Waals surface area contributed by atoms with Crippen LogP contribution in [0.15, 0.2) is 53.4 Å². The highest BCUT2D eigenvalue weighted by atomic mass is 35.5. The molecule has 162 valence electrons. The minimum absolute atomic E-state index is 0.0190. The van der Waals surface area contributed by atoms with Gasteiger partial charge < -0.3 is 10.1 Å². The van der Waals surface area contributed by atoms with E-state index in [1.807, 2.05) is 19.9 Å². The lowest BCUT2D eigenvalue weighted by molar-refractivity contribution is -0.124. The fraction of sp³-hybridized carbons (Fsp3) is 0.333. The van der Waals surface area contributed by atoms with Crippen LogP contribution < -0.4 is 10.0 Å². The van der Waals surface area contributed by atoms with Crippen LogP contribution in [0.2, 0.25) is 5.02 Å². The Bertz CT molecular complexity index is 978. The summed E-state index contributed by atoms with van der Waals surface area (Å²) in [5.74, 6) is -0.793. The molecule has 0 aliphatic heterocycles. The maximum absolute atomic E-state index is 12.6. The fourth-order valence-corrected chi connectivity index (χ4v) is 4.00. The van der Waals surface area contributed by atoms with Gasteiger partial charge in [0.1, 0.15) is 4.90 Å². The fourth-order valence-electron chi connectivity index (χ4n) is 2.45. The third kappa shape index (κ3) is 7.44. The maximum atomic E-state index is 12.6. The topological polar surface area (TPSA) is 102 Å². The number of rotatable bonds is 10. The molecular weight excluding hydrogens is 428 g/mol. The molecule has 1 amide bonds. The molecule has 2 N–H and O–H groups in total. The molecule has 0 heterocycles. The molecule has 0 saturated heterocycles. The number of ether oxygens (including phenoxy) is 1. The Morgan fingerprint density at radius 1 is 1.10 bits per heavy atom. The summed E-state index contributed by atoms with van der Waals surface area (Å²) in [6, 6.07) is 12.8. The van der Waals surface area contributed by atoms with E-state index in [-0.39, 0.29) is 22.0 Å². The summed E-state index contributed by atoms with van der Waals surface area (Å²) in [6.45, 7) is 4.18. The van der Waals surface area contributed by atoms with Crippen molar-refractivity contribution >= 4 is 33.5 Å². The number of carbonyl (C=O) groups is 2. The Kier molecular flexibility index (Phi) is 8.83. The van der Waals surface area contributed by atoms with Crippen molar-refractivity contribution in [3.63, 3.8) is 0 Å². The van der Waals surface area contributed by atoms with Crippen molar-refractivity contribution in [2.75, 3.05) is 13.2 Å². The number of hydrogen-bond donors (Lipinski definition) is 2. The van der Waals surface area contributed by atoms with Crippen LogP contribution >= 0.6 is 11.6 Å². The summed E-state index contributed by atoms with van der Waals surface area (Å²) in [5, 5.41) is 2.63. The highest BCUT2D eigenvalue weighted by molar-refractivity contribution is 7.89. The zero-order valence-corrected chi connectivity index (χ0v) is 18.4. The lowest BCUT2D eigenvalue weighted by Gasteiger charge is -2.11. The second kappa shape index (κ2) is 11.1. The van der Waals surface area contributed by atoms with Crippen molar-refractivity contribution in [3.05, 3.63) is 64.7 Å². The number of amides is 1. The summed E-state index contributed by atoms with van der Waals surface area (Å²) in [5.41, 5.74) is 0.755. The Labute approximate surface area is 181 Å². The molecule has 30 heavy (non-hydrogen) atoms. The second-order valence-electron chi connectivity index (χ2n) is 7.06. The summed E-state index contributed by atoms with van der Waals surface area (Å²) in [6.07, 6.45) is 0.814. The number of sulfonamides is 1. The first-order valence-corrected chi connectivity index (χ1v) is 11.3. The van der Waals surface area contributed by atoms with Crippen LogP contribution in [0.1, 0.15) is 36.2 Å². The summed E-state index contributed by atoms with van der Waals surface area (Å²) >= 11 is 6.04. The lowest BCUT2D eigenvalue weighted by atomic mass is 10.1. The number of hydrogen-bond acceptors (Lipinski definition) is 5.